The summed E-state index contributed by atoms with van der Waals surface area (Å²) in [5.41, 5.74) is 3.38. The zero-order chi connectivity index (χ0) is 18.9. The molecule has 2 heterocycles. The van der Waals surface area contributed by atoms with Gasteiger partial charge in [0.25, 0.3) is 0 Å². The van der Waals surface area contributed by atoms with E-state index in [4.69, 9.17) is 0 Å². The maximum atomic E-state index is 12.5. The molecule has 6 nitrogen and oxygen atoms in total. The van der Waals surface area contributed by atoms with Crippen molar-refractivity contribution < 1.29 is 13.2 Å². The summed E-state index contributed by atoms with van der Waals surface area (Å²) in [6.07, 6.45) is 4.13. The van der Waals surface area contributed by atoms with Gasteiger partial charge in [0.2, 0.25) is 5.91 Å². The number of nitrogens with zero attached hydrogens (tertiary/aromatic N) is 3. The molecule has 1 fully saturated rings. The molecule has 1 amide bonds. The predicted octanol–water partition coefficient (Wildman–Crippen LogP) is 2.23. The van der Waals surface area contributed by atoms with Crippen LogP contribution in [-0.2, 0) is 14.6 Å². The van der Waals surface area contributed by atoms with Gasteiger partial charge in [-0.2, -0.15) is 0 Å². The molecule has 1 unspecified atom stereocenters. The Morgan fingerprint density at radius 3 is 2.81 bits per heavy atom. The largest absolute Gasteiger partial charge is 0.341 e. The van der Waals surface area contributed by atoms with Crippen LogP contribution in [0.15, 0.2) is 35.7 Å². The van der Waals surface area contributed by atoms with Crippen LogP contribution in [0.25, 0.3) is 5.69 Å². The maximum Gasteiger partial charge on any atom is 0.233 e. The van der Waals surface area contributed by atoms with Crippen molar-refractivity contribution in [3.63, 3.8) is 0 Å². The van der Waals surface area contributed by atoms with Gasteiger partial charge in [-0.3, -0.25) is 9.36 Å². The number of sulfone groups is 1. The molecule has 140 valence electrons. The smallest absolute Gasteiger partial charge is 0.233 e. The Labute approximate surface area is 158 Å². The van der Waals surface area contributed by atoms with Crippen LogP contribution in [0.4, 0.5) is 0 Å². The van der Waals surface area contributed by atoms with Crippen molar-refractivity contribution in [3.05, 3.63) is 41.7 Å². The number of carbonyl (C=O) groups excluding carboxylic acids is 1. The molecule has 1 aromatic carbocycles. The molecule has 2 aromatic rings. The van der Waals surface area contributed by atoms with Crippen molar-refractivity contribution in [2.75, 3.05) is 24.3 Å². The first-order chi connectivity index (χ1) is 12.3. The Kier molecular flexibility index (Phi) is 5.43. The van der Waals surface area contributed by atoms with Crippen LogP contribution in [0.5, 0.6) is 0 Å². The highest BCUT2D eigenvalue weighted by atomic mass is 32.2. The number of hydrogen-bond donors (Lipinski definition) is 0. The monoisotopic (exact) mass is 393 g/mol. The molecular formula is C18H23N3O3S2. The third-order valence-corrected chi connectivity index (χ3v) is 7.39. The van der Waals surface area contributed by atoms with Crippen molar-refractivity contribution in [1.82, 2.24) is 14.5 Å². The number of aryl methyl sites for hydroxylation is 2. The molecule has 1 saturated heterocycles. The topological polar surface area (TPSA) is 72.3 Å². The molecule has 1 aliphatic rings. The third kappa shape index (κ3) is 4.12. The highest BCUT2D eigenvalue weighted by Crippen LogP contribution is 2.24. The van der Waals surface area contributed by atoms with E-state index in [2.05, 4.69) is 31.0 Å². The summed E-state index contributed by atoms with van der Waals surface area (Å²) in [6, 6.07) is 6.00. The van der Waals surface area contributed by atoms with E-state index in [-0.39, 0.29) is 29.2 Å². The summed E-state index contributed by atoms with van der Waals surface area (Å²) >= 11 is 1.37. The summed E-state index contributed by atoms with van der Waals surface area (Å²) < 4.78 is 25.2. The van der Waals surface area contributed by atoms with Gasteiger partial charge in [-0.25, -0.2) is 13.4 Å². The standard InChI is InChI=1S/C18H23N3O3S2/c1-13-4-5-16(14(2)10-13)21-8-7-19-18(21)25-11-17(22)20(3)15-6-9-26(23,24)12-15/h4-5,7-8,10,15H,6,9,11-12H2,1-3H3. The first kappa shape index (κ1) is 19.0. The first-order valence-electron chi connectivity index (χ1n) is 8.47. The second-order valence-corrected chi connectivity index (χ2v) is 9.89. The van der Waals surface area contributed by atoms with Gasteiger partial charge < -0.3 is 4.90 Å². The highest BCUT2D eigenvalue weighted by molar-refractivity contribution is 7.99. The fraction of sp³-hybridized carbons (Fsp3) is 0.444. The number of aromatic nitrogens is 2. The number of amides is 1. The predicted molar refractivity (Wildman–Crippen MR) is 104 cm³/mol. The molecule has 1 atom stereocenters. The zero-order valence-corrected chi connectivity index (χ0v) is 16.8. The van der Waals surface area contributed by atoms with Crippen molar-refractivity contribution in [1.29, 1.82) is 0 Å². The Morgan fingerprint density at radius 1 is 1.38 bits per heavy atom. The lowest BCUT2D eigenvalue weighted by molar-refractivity contribution is -0.128. The van der Waals surface area contributed by atoms with Crippen LogP contribution in [0.1, 0.15) is 17.5 Å². The number of imidazole rings is 1. The van der Waals surface area contributed by atoms with E-state index in [9.17, 15) is 13.2 Å². The zero-order valence-electron chi connectivity index (χ0n) is 15.2. The van der Waals surface area contributed by atoms with Crippen LogP contribution in [0.3, 0.4) is 0 Å². The van der Waals surface area contributed by atoms with Crippen molar-refractivity contribution in [3.8, 4) is 5.69 Å². The van der Waals surface area contributed by atoms with Crippen LogP contribution in [0, 0.1) is 13.8 Å². The molecule has 0 aliphatic carbocycles. The Bertz CT molecular complexity index is 922. The van der Waals surface area contributed by atoms with E-state index in [1.165, 1.54) is 17.3 Å². The molecule has 0 spiro atoms. The average molecular weight is 394 g/mol. The summed E-state index contributed by atoms with van der Waals surface area (Å²) in [7, 11) is -1.31. The fourth-order valence-corrected chi connectivity index (χ4v) is 5.83. The molecule has 0 N–H and O–H groups in total. The fourth-order valence-electron chi connectivity index (χ4n) is 3.17. The second-order valence-electron chi connectivity index (χ2n) is 6.72. The average Bonchev–Trinajstić information content (AvgIpc) is 3.18. The normalized spacial score (nSPS) is 18.8. The van der Waals surface area contributed by atoms with Crippen molar-refractivity contribution in [2.24, 2.45) is 0 Å². The van der Waals surface area contributed by atoms with Gasteiger partial charge in [0.15, 0.2) is 15.0 Å². The van der Waals surface area contributed by atoms with Gasteiger partial charge in [-0.1, -0.05) is 29.5 Å². The van der Waals surface area contributed by atoms with E-state index >= 15 is 0 Å². The highest BCUT2D eigenvalue weighted by Gasteiger charge is 2.32. The lowest BCUT2D eigenvalue weighted by Gasteiger charge is -2.23. The Hall–Kier alpha value is -1.80. The Balaban J connectivity index is 1.67. The van der Waals surface area contributed by atoms with E-state index in [0.29, 0.717) is 6.42 Å². The van der Waals surface area contributed by atoms with E-state index in [1.807, 2.05) is 16.8 Å². The molecular weight excluding hydrogens is 370 g/mol. The van der Waals surface area contributed by atoms with Gasteiger partial charge in [0.1, 0.15) is 0 Å². The van der Waals surface area contributed by atoms with Crippen LogP contribution >= 0.6 is 11.8 Å². The lowest BCUT2D eigenvalue weighted by Crippen LogP contribution is -2.38. The molecule has 3 rings (SSSR count). The summed E-state index contributed by atoms with van der Waals surface area (Å²) in [4.78, 5) is 18.4. The number of carbonyl (C=O) groups is 1. The number of benzene rings is 1. The van der Waals surface area contributed by atoms with Gasteiger partial charge in [0, 0.05) is 25.5 Å². The maximum absolute atomic E-state index is 12.5. The number of hydrogen-bond acceptors (Lipinski definition) is 5. The summed E-state index contributed by atoms with van der Waals surface area (Å²) in [6.45, 7) is 4.11. The number of thioether (sulfide) groups is 1. The van der Waals surface area contributed by atoms with Crippen molar-refractivity contribution >= 4 is 27.5 Å². The first-order valence-corrected chi connectivity index (χ1v) is 11.3. The van der Waals surface area contributed by atoms with Crippen LogP contribution in [-0.4, -0.2) is 59.1 Å². The quantitative estimate of drug-likeness (QED) is 0.729. The van der Waals surface area contributed by atoms with Crippen LogP contribution < -0.4 is 0 Å². The molecule has 1 aromatic heterocycles. The minimum absolute atomic E-state index is 0.0666. The minimum atomic E-state index is -3.00. The SMILES string of the molecule is Cc1ccc(-n2ccnc2SCC(=O)N(C)C2CCS(=O)(=O)C2)c(C)c1. The molecule has 1 aliphatic heterocycles. The van der Waals surface area contributed by atoms with E-state index in [1.54, 1.807) is 18.1 Å². The lowest BCUT2D eigenvalue weighted by atomic mass is 10.1. The minimum Gasteiger partial charge on any atom is -0.341 e. The van der Waals surface area contributed by atoms with Gasteiger partial charge in [-0.15, -0.1) is 0 Å². The molecule has 8 heteroatoms. The van der Waals surface area contributed by atoms with Crippen LogP contribution in [0.2, 0.25) is 0 Å². The molecule has 26 heavy (non-hydrogen) atoms. The molecule has 0 saturated carbocycles. The van der Waals surface area contributed by atoms with Crippen molar-refractivity contribution in [2.45, 2.75) is 31.5 Å². The number of rotatable bonds is 5. The van der Waals surface area contributed by atoms with Gasteiger partial charge in [-0.05, 0) is 31.9 Å². The molecule has 0 bridgehead atoms. The van der Waals surface area contributed by atoms with Gasteiger partial charge >= 0.3 is 0 Å². The second kappa shape index (κ2) is 7.44. The third-order valence-electron chi connectivity index (χ3n) is 4.69. The van der Waals surface area contributed by atoms with E-state index in [0.717, 1.165) is 16.4 Å². The molecule has 0 radical (unpaired) electrons. The summed E-state index contributed by atoms with van der Waals surface area (Å²) in [5.74, 6) is 0.387. The summed E-state index contributed by atoms with van der Waals surface area (Å²) in [5, 5.41) is 0.748. The van der Waals surface area contributed by atoms with Gasteiger partial charge in [0.05, 0.1) is 22.9 Å². The Morgan fingerprint density at radius 2 is 2.15 bits per heavy atom. The van der Waals surface area contributed by atoms with E-state index < -0.39 is 9.84 Å².